The van der Waals surface area contributed by atoms with Gasteiger partial charge in [0.15, 0.2) is 0 Å². The van der Waals surface area contributed by atoms with Crippen molar-refractivity contribution >= 4 is 6.08 Å². The molecule has 1 aromatic rings. The van der Waals surface area contributed by atoms with Crippen molar-refractivity contribution in [1.82, 2.24) is 0 Å². The molecule has 26 heavy (non-hydrogen) atoms. The van der Waals surface area contributed by atoms with E-state index in [0.29, 0.717) is 11.5 Å². The Labute approximate surface area is 149 Å². The summed E-state index contributed by atoms with van der Waals surface area (Å²) in [5, 5.41) is 0. The quantitative estimate of drug-likeness (QED) is 0.494. The molecule has 1 aromatic carbocycles. The molecule has 146 valence electrons. The number of allylic oxidation sites excluding steroid dienone is 1. The third kappa shape index (κ3) is 5.68. The second kappa shape index (κ2) is 8.35. The van der Waals surface area contributed by atoms with Crippen molar-refractivity contribution in [3.8, 4) is 5.75 Å². The second-order valence-electron chi connectivity index (χ2n) is 6.69. The molecule has 0 saturated heterocycles. The van der Waals surface area contributed by atoms with E-state index < -0.39 is 24.2 Å². The summed E-state index contributed by atoms with van der Waals surface area (Å²) in [6.45, 7) is 2.19. The predicted octanol–water partition coefficient (Wildman–Crippen LogP) is 6.79. The molecular formula is C19H22F6O. The van der Waals surface area contributed by atoms with Crippen molar-refractivity contribution in [3.05, 3.63) is 35.9 Å². The van der Waals surface area contributed by atoms with Gasteiger partial charge in [-0.25, -0.2) is 4.39 Å². The zero-order chi connectivity index (χ0) is 19.4. The maximum atomic E-state index is 13.2. The van der Waals surface area contributed by atoms with Gasteiger partial charge < -0.3 is 4.74 Å². The largest absolute Gasteiger partial charge is 0.439 e. The monoisotopic (exact) mass is 380 g/mol. The van der Waals surface area contributed by atoms with Crippen LogP contribution in [0.3, 0.4) is 0 Å². The van der Waals surface area contributed by atoms with Crippen LogP contribution in [0.1, 0.15) is 44.6 Å². The molecule has 0 N–H and O–H groups in total. The van der Waals surface area contributed by atoms with Gasteiger partial charge in [0.2, 0.25) is 0 Å². The van der Waals surface area contributed by atoms with Crippen LogP contribution in [-0.2, 0) is 0 Å². The Hall–Kier alpha value is -1.66. The summed E-state index contributed by atoms with van der Waals surface area (Å²) in [4.78, 5) is 0. The van der Waals surface area contributed by atoms with Gasteiger partial charge in [-0.2, -0.15) is 22.0 Å². The molecule has 0 radical (unpaired) electrons. The minimum atomic E-state index is -5.69. The van der Waals surface area contributed by atoms with Gasteiger partial charge in [0, 0.05) is 0 Å². The summed E-state index contributed by atoms with van der Waals surface area (Å²) in [6, 6.07) is 5.09. The van der Waals surface area contributed by atoms with Crippen LogP contribution in [0.2, 0.25) is 0 Å². The van der Waals surface area contributed by atoms with Gasteiger partial charge in [-0.15, -0.1) is 0 Å². The lowest BCUT2D eigenvalue weighted by Crippen LogP contribution is -2.45. The molecular weight excluding hydrogens is 358 g/mol. The standard InChI is InChI=1S/C19H22F6O/c1-2-13-3-5-14(6-4-13)7-8-15-9-11-16(12-10-15)26-19(24,25)17(20)18(21,22)23/h7-14,17H,2-6H2,1H3/b8-7+. The zero-order valence-corrected chi connectivity index (χ0v) is 14.4. The van der Waals surface area contributed by atoms with Crippen molar-refractivity contribution in [2.75, 3.05) is 0 Å². The predicted molar refractivity (Wildman–Crippen MR) is 87.7 cm³/mol. The number of alkyl halides is 6. The number of benzene rings is 1. The summed E-state index contributed by atoms with van der Waals surface area (Å²) in [6.07, 6.45) is -5.34. The summed E-state index contributed by atoms with van der Waals surface area (Å²) in [5.74, 6) is 0.730. The molecule has 1 aliphatic rings. The Morgan fingerprint density at radius 1 is 1.04 bits per heavy atom. The molecule has 0 spiro atoms. The Kier molecular flexibility index (Phi) is 6.64. The Bertz CT molecular complexity index is 585. The normalized spacial score (nSPS) is 23.2. The van der Waals surface area contributed by atoms with E-state index in [1.54, 1.807) is 0 Å². The molecule has 0 heterocycles. The highest BCUT2D eigenvalue weighted by molar-refractivity contribution is 5.50. The lowest BCUT2D eigenvalue weighted by atomic mass is 9.80. The fraction of sp³-hybridized carbons (Fsp3) is 0.579. The third-order valence-electron chi connectivity index (χ3n) is 4.75. The van der Waals surface area contributed by atoms with Gasteiger partial charge in [-0.05, 0) is 55.2 Å². The minimum absolute atomic E-state index is 0.470. The molecule has 7 heteroatoms. The van der Waals surface area contributed by atoms with Crippen LogP contribution in [-0.4, -0.2) is 18.5 Å². The topological polar surface area (TPSA) is 9.23 Å². The van der Waals surface area contributed by atoms with Crippen LogP contribution >= 0.6 is 0 Å². The highest BCUT2D eigenvalue weighted by atomic mass is 19.4. The molecule has 1 nitrogen and oxygen atoms in total. The first-order valence-corrected chi connectivity index (χ1v) is 8.67. The van der Waals surface area contributed by atoms with E-state index >= 15 is 0 Å². The SMILES string of the molecule is CCC1CCC(/C=C/c2ccc(OC(F)(F)C(F)C(F)(F)F)cc2)CC1. The van der Waals surface area contributed by atoms with Crippen LogP contribution in [0.5, 0.6) is 5.75 Å². The maximum Gasteiger partial charge on any atom is 0.439 e. The molecule has 1 fully saturated rings. The zero-order valence-electron chi connectivity index (χ0n) is 14.4. The number of halogens is 6. The van der Waals surface area contributed by atoms with Gasteiger partial charge in [-0.3, -0.25) is 0 Å². The van der Waals surface area contributed by atoms with Gasteiger partial charge >= 0.3 is 12.3 Å². The van der Waals surface area contributed by atoms with Gasteiger partial charge in [0.1, 0.15) is 5.75 Å². The van der Waals surface area contributed by atoms with Gasteiger partial charge in [0.05, 0.1) is 0 Å². The molecule has 0 amide bonds. The fourth-order valence-electron chi connectivity index (χ4n) is 3.08. The van der Waals surface area contributed by atoms with Crippen LogP contribution in [0, 0.1) is 11.8 Å². The summed E-state index contributed by atoms with van der Waals surface area (Å²) in [5.41, 5.74) is 0.714. The maximum absolute atomic E-state index is 13.2. The number of hydrogen-bond donors (Lipinski definition) is 0. The van der Waals surface area contributed by atoms with E-state index in [1.165, 1.54) is 31.4 Å². The average Bonchev–Trinajstić information content (AvgIpc) is 2.60. The summed E-state index contributed by atoms with van der Waals surface area (Å²) >= 11 is 0. The van der Waals surface area contributed by atoms with Crippen LogP contribution in [0.4, 0.5) is 26.3 Å². The molecule has 0 aliphatic heterocycles. The summed E-state index contributed by atoms with van der Waals surface area (Å²) in [7, 11) is 0. The molecule has 1 unspecified atom stereocenters. The van der Waals surface area contributed by atoms with E-state index in [9.17, 15) is 26.3 Å². The van der Waals surface area contributed by atoms with Crippen molar-refractivity contribution in [1.29, 1.82) is 0 Å². The van der Waals surface area contributed by atoms with E-state index in [4.69, 9.17) is 0 Å². The van der Waals surface area contributed by atoms with Gasteiger partial charge in [-0.1, -0.05) is 37.6 Å². The molecule has 2 rings (SSSR count). The molecule has 1 aliphatic carbocycles. The smallest absolute Gasteiger partial charge is 0.430 e. The van der Waals surface area contributed by atoms with Crippen molar-refractivity contribution in [2.45, 2.75) is 57.5 Å². The number of rotatable bonds is 6. The first-order valence-electron chi connectivity index (χ1n) is 8.67. The highest BCUT2D eigenvalue weighted by Gasteiger charge is 2.59. The Morgan fingerprint density at radius 3 is 2.12 bits per heavy atom. The molecule has 1 saturated carbocycles. The second-order valence-corrected chi connectivity index (χ2v) is 6.69. The van der Waals surface area contributed by atoms with Crippen LogP contribution < -0.4 is 4.74 Å². The van der Waals surface area contributed by atoms with Crippen LogP contribution in [0.15, 0.2) is 30.3 Å². The Morgan fingerprint density at radius 2 is 1.62 bits per heavy atom. The number of hydrogen-bond acceptors (Lipinski definition) is 1. The fourth-order valence-corrected chi connectivity index (χ4v) is 3.08. The minimum Gasteiger partial charge on any atom is -0.430 e. The van der Waals surface area contributed by atoms with Crippen molar-refractivity contribution in [3.63, 3.8) is 0 Å². The van der Waals surface area contributed by atoms with E-state index in [0.717, 1.165) is 30.9 Å². The number of ether oxygens (including phenoxy) is 1. The van der Waals surface area contributed by atoms with E-state index in [2.05, 4.69) is 17.7 Å². The van der Waals surface area contributed by atoms with E-state index in [-0.39, 0.29) is 0 Å². The van der Waals surface area contributed by atoms with E-state index in [1.807, 2.05) is 6.08 Å². The first kappa shape index (κ1) is 20.6. The highest BCUT2D eigenvalue weighted by Crippen LogP contribution is 2.36. The van der Waals surface area contributed by atoms with Gasteiger partial charge in [0.25, 0.3) is 6.17 Å². The Balaban J connectivity index is 1.93. The van der Waals surface area contributed by atoms with Crippen molar-refractivity contribution < 1.29 is 31.1 Å². The molecule has 0 bridgehead atoms. The lowest BCUT2D eigenvalue weighted by Gasteiger charge is -2.25. The summed E-state index contributed by atoms with van der Waals surface area (Å²) < 4.78 is 79.4. The third-order valence-corrected chi connectivity index (χ3v) is 4.75. The molecule has 1 atom stereocenters. The average molecular weight is 380 g/mol. The molecule has 0 aromatic heterocycles. The first-order chi connectivity index (χ1) is 12.1. The van der Waals surface area contributed by atoms with Crippen molar-refractivity contribution in [2.24, 2.45) is 11.8 Å². The van der Waals surface area contributed by atoms with Crippen LogP contribution in [0.25, 0.3) is 6.08 Å². The lowest BCUT2D eigenvalue weighted by molar-refractivity contribution is -0.304.